The van der Waals surface area contributed by atoms with Crippen LogP contribution in [0.1, 0.15) is 18.4 Å². The molecule has 2 heterocycles. The number of carbonyl (C=O) groups excluding carboxylic acids is 1. The molecule has 1 aliphatic rings. The predicted molar refractivity (Wildman–Crippen MR) is 175 cm³/mol. The van der Waals surface area contributed by atoms with Crippen molar-refractivity contribution in [1.29, 1.82) is 0 Å². The molecule has 15 heteroatoms. The zero-order valence-electron chi connectivity index (χ0n) is 25.3. The van der Waals surface area contributed by atoms with Gasteiger partial charge in [-0.1, -0.05) is 12.1 Å². The van der Waals surface area contributed by atoms with Crippen LogP contribution in [0.5, 0.6) is 0 Å². The Balaban J connectivity index is 1.36. The third-order valence-electron chi connectivity index (χ3n) is 7.37. The standard InChI is InChI=1S/C32H32F5N7O2S/c1-47(2,46)23-7-5-6-22(18-23)40-30-39-19-24(29(43-30)38-12-15-44-13-3-4-14-44)20-8-11-27(26(34)16-20)41-31(45)42-28-17-21(32(35,36)37)9-10-25(28)33/h5-11,16-19H,1,3-4,12-15H2,2H3,(H2,41,42,45)(H2,38,39,40,43). The number of nitrogens with zero attached hydrogens (tertiary/aromatic N) is 3. The van der Waals surface area contributed by atoms with Crippen molar-refractivity contribution in [3.63, 3.8) is 0 Å². The molecule has 0 aliphatic carbocycles. The minimum atomic E-state index is -4.75. The molecule has 1 saturated heterocycles. The van der Waals surface area contributed by atoms with Gasteiger partial charge in [-0.25, -0.2) is 18.6 Å². The Morgan fingerprint density at radius 3 is 2.43 bits per heavy atom. The number of likely N-dealkylation sites (tertiary alicyclic amines) is 1. The number of anilines is 5. The molecule has 47 heavy (non-hydrogen) atoms. The summed E-state index contributed by atoms with van der Waals surface area (Å²) in [5.41, 5.74) is -0.735. The van der Waals surface area contributed by atoms with Crippen LogP contribution in [0.4, 0.5) is 55.6 Å². The second-order valence-electron chi connectivity index (χ2n) is 11.1. The minimum Gasteiger partial charge on any atom is -0.368 e. The highest BCUT2D eigenvalue weighted by Gasteiger charge is 2.31. The summed E-state index contributed by atoms with van der Waals surface area (Å²) in [6.07, 6.45) is 0.571. The van der Waals surface area contributed by atoms with E-state index in [0.29, 0.717) is 52.3 Å². The monoisotopic (exact) mass is 673 g/mol. The van der Waals surface area contributed by atoms with Crippen LogP contribution >= 0.6 is 0 Å². The first-order valence-corrected chi connectivity index (χ1v) is 16.7. The lowest BCUT2D eigenvalue weighted by Gasteiger charge is -2.17. The number of benzene rings is 3. The lowest BCUT2D eigenvalue weighted by molar-refractivity contribution is -0.137. The average Bonchev–Trinajstić information content (AvgIpc) is 3.52. The number of aromatic nitrogens is 2. The fourth-order valence-corrected chi connectivity index (χ4v) is 5.70. The normalized spacial score (nSPS) is 14.8. The van der Waals surface area contributed by atoms with Gasteiger partial charge in [0.25, 0.3) is 0 Å². The van der Waals surface area contributed by atoms with E-state index in [1.165, 1.54) is 18.3 Å². The summed E-state index contributed by atoms with van der Waals surface area (Å²) in [6.45, 7) is 3.32. The van der Waals surface area contributed by atoms with E-state index >= 15 is 4.39 Å². The van der Waals surface area contributed by atoms with Gasteiger partial charge in [0.1, 0.15) is 17.5 Å². The summed E-state index contributed by atoms with van der Waals surface area (Å²) in [5, 5.41) is 10.6. The average molecular weight is 674 g/mol. The molecule has 248 valence electrons. The molecule has 1 aliphatic heterocycles. The van der Waals surface area contributed by atoms with Crippen LogP contribution in [0, 0.1) is 11.6 Å². The van der Waals surface area contributed by atoms with Crippen LogP contribution < -0.4 is 21.3 Å². The van der Waals surface area contributed by atoms with Crippen molar-refractivity contribution in [1.82, 2.24) is 14.9 Å². The zero-order chi connectivity index (χ0) is 33.8. The van der Waals surface area contributed by atoms with Gasteiger partial charge in [0.15, 0.2) is 0 Å². The number of hydrogen-bond acceptors (Lipinski definition) is 7. The van der Waals surface area contributed by atoms with E-state index < -0.39 is 44.6 Å². The molecule has 1 aromatic heterocycles. The molecule has 0 radical (unpaired) electrons. The first-order valence-electron chi connectivity index (χ1n) is 14.5. The first kappa shape index (κ1) is 33.6. The van der Waals surface area contributed by atoms with E-state index in [1.807, 2.05) is 5.32 Å². The van der Waals surface area contributed by atoms with Gasteiger partial charge in [-0.05, 0) is 95.4 Å². The molecule has 4 aromatic rings. The van der Waals surface area contributed by atoms with Crippen molar-refractivity contribution in [3.05, 3.63) is 84.1 Å². The number of urea groups is 1. The van der Waals surface area contributed by atoms with Crippen molar-refractivity contribution in [2.75, 3.05) is 53.7 Å². The van der Waals surface area contributed by atoms with Crippen LogP contribution in [-0.2, 0) is 15.7 Å². The summed E-state index contributed by atoms with van der Waals surface area (Å²) < 4.78 is 80.8. The van der Waals surface area contributed by atoms with Crippen molar-refractivity contribution >= 4 is 50.3 Å². The summed E-state index contributed by atoms with van der Waals surface area (Å²) >= 11 is 0. The van der Waals surface area contributed by atoms with Gasteiger partial charge in [0.2, 0.25) is 5.95 Å². The van der Waals surface area contributed by atoms with E-state index in [-0.39, 0.29) is 11.6 Å². The van der Waals surface area contributed by atoms with Gasteiger partial charge in [-0.15, -0.1) is 0 Å². The summed E-state index contributed by atoms with van der Waals surface area (Å²) in [6, 6.07) is 11.3. The third kappa shape index (κ3) is 8.74. The Kier molecular flexibility index (Phi) is 9.96. The molecule has 2 amide bonds. The fourth-order valence-electron chi connectivity index (χ4n) is 4.96. The maximum absolute atomic E-state index is 15.2. The summed E-state index contributed by atoms with van der Waals surface area (Å²) in [4.78, 5) is 24.3. The second-order valence-corrected chi connectivity index (χ2v) is 13.5. The minimum absolute atomic E-state index is 0.235. The Morgan fingerprint density at radius 1 is 0.979 bits per heavy atom. The Morgan fingerprint density at radius 2 is 1.72 bits per heavy atom. The largest absolute Gasteiger partial charge is 0.416 e. The molecule has 0 bridgehead atoms. The zero-order valence-corrected chi connectivity index (χ0v) is 26.1. The molecule has 1 unspecified atom stereocenters. The summed E-state index contributed by atoms with van der Waals surface area (Å²) in [7, 11) is -2.45. The molecule has 4 N–H and O–H groups in total. The highest BCUT2D eigenvalue weighted by atomic mass is 32.2. The van der Waals surface area contributed by atoms with Crippen LogP contribution in [0.2, 0.25) is 0 Å². The lowest BCUT2D eigenvalue weighted by atomic mass is 10.1. The van der Waals surface area contributed by atoms with Crippen molar-refractivity contribution in [3.8, 4) is 11.1 Å². The maximum atomic E-state index is 15.2. The van der Waals surface area contributed by atoms with Gasteiger partial charge < -0.3 is 26.2 Å². The van der Waals surface area contributed by atoms with Gasteiger partial charge >= 0.3 is 12.2 Å². The van der Waals surface area contributed by atoms with E-state index in [2.05, 4.69) is 36.7 Å². The van der Waals surface area contributed by atoms with E-state index in [4.69, 9.17) is 0 Å². The summed E-state index contributed by atoms with van der Waals surface area (Å²) in [5.74, 6) is 2.41. The third-order valence-corrected chi connectivity index (χ3v) is 8.62. The van der Waals surface area contributed by atoms with Crippen molar-refractivity contribution < 1.29 is 31.0 Å². The van der Waals surface area contributed by atoms with Gasteiger partial charge in [0.05, 0.1) is 16.9 Å². The number of alkyl halides is 3. The molecule has 5 rings (SSSR count). The molecule has 0 spiro atoms. The van der Waals surface area contributed by atoms with Crippen molar-refractivity contribution in [2.24, 2.45) is 0 Å². The van der Waals surface area contributed by atoms with Crippen molar-refractivity contribution in [2.45, 2.75) is 23.9 Å². The lowest BCUT2D eigenvalue weighted by Crippen LogP contribution is -2.26. The molecule has 3 aromatic carbocycles. The Hall–Kier alpha value is -4.76. The first-order chi connectivity index (χ1) is 22.3. The molecule has 1 fully saturated rings. The highest BCUT2D eigenvalue weighted by Crippen LogP contribution is 2.33. The number of carbonyl (C=O) groups is 1. The SMILES string of the molecule is C=S(C)(=O)c1cccc(Nc2ncc(-c3ccc(NC(=O)Nc4cc(C(F)(F)F)ccc4F)c(F)c3)c(NCCN3CCCC3)n2)c1. The number of halogens is 5. The topological polar surface area (TPSA) is 111 Å². The quantitative estimate of drug-likeness (QED) is 0.106. The van der Waals surface area contributed by atoms with Crippen LogP contribution in [0.15, 0.2) is 71.8 Å². The number of amides is 2. The molecule has 1 atom stereocenters. The van der Waals surface area contributed by atoms with Crippen LogP contribution in [0.3, 0.4) is 0 Å². The Bertz CT molecular complexity index is 1880. The molecule has 9 nitrogen and oxygen atoms in total. The van der Waals surface area contributed by atoms with E-state index in [1.54, 1.807) is 30.5 Å². The number of nitrogens with one attached hydrogen (secondary N) is 4. The highest BCUT2D eigenvalue weighted by molar-refractivity contribution is 7.99. The molecular weight excluding hydrogens is 641 g/mol. The van der Waals surface area contributed by atoms with Crippen LogP contribution in [-0.4, -0.2) is 63.4 Å². The fraction of sp³-hybridized carbons (Fsp3) is 0.250. The van der Waals surface area contributed by atoms with E-state index in [0.717, 1.165) is 38.5 Å². The second kappa shape index (κ2) is 13.9. The molecule has 0 saturated carbocycles. The van der Waals surface area contributed by atoms with Gasteiger partial charge in [-0.2, -0.15) is 18.2 Å². The van der Waals surface area contributed by atoms with Crippen LogP contribution in [0.25, 0.3) is 11.1 Å². The predicted octanol–water partition coefficient (Wildman–Crippen LogP) is 7.04. The maximum Gasteiger partial charge on any atom is 0.416 e. The van der Waals surface area contributed by atoms with Gasteiger partial charge in [-0.3, -0.25) is 4.21 Å². The smallest absolute Gasteiger partial charge is 0.368 e. The molecular formula is C32H32F5N7O2S. The van der Waals surface area contributed by atoms with E-state index in [9.17, 15) is 26.6 Å². The number of rotatable bonds is 10. The van der Waals surface area contributed by atoms with Gasteiger partial charge in [0, 0.05) is 41.7 Å². The Labute approximate surface area is 268 Å². The number of hydrogen-bond donors (Lipinski definition) is 4.